The van der Waals surface area contributed by atoms with Gasteiger partial charge in [-0.25, -0.2) is 0 Å². The molecule has 0 aliphatic rings. The molecule has 0 saturated heterocycles. The zero-order valence-corrected chi connectivity index (χ0v) is 10.7. The van der Waals surface area contributed by atoms with Crippen LogP contribution in [0.2, 0.25) is 0 Å². The summed E-state index contributed by atoms with van der Waals surface area (Å²) in [5.74, 6) is 0. The standard InChI is InChI=1S/C13H21NOS/c1-16-13-8-6-7-12(11-13)14-9-4-2-3-5-10-15/h6-8,11,14-15H,2-5,9-10H2,1H3. The quantitative estimate of drug-likeness (QED) is 0.539. The van der Waals surface area contributed by atoms with Crippen LogP contribution < -0.4 is 5.32 Å². The highest BCUT2D eigenvalue weighted by Gasteiger charge is 1.94. The van der Waals surface area contributed by atoms with Crippen LogP contribution in [-0.4, -0.2) is 24.5 Å². The number of rotatable bonds is 8. The van der Waals surface area contributed by atoms with Gasteiger partial charge in [0.05, 0.1) is 0 Å². The zero-order valence-electron chi connectivity index (χ0n) is 9.91. The van der Waals surface area contributed by atoms with Crippen molar-refractivity contribution in [1.82, 2.24) is 0 Å². The molecule has 0 bridgehead atoms. The highest BCUT2D eigenvalue weighted by molar-refractivity contribution is 7.98. The maximum atomic E-state index is 8.64. The summed E-state index contributed by atoms with van der Waals surface area (Å²) in [4.78, 5) is 1.30. The molecule has 1 rings (SSSR count). The fourth-order valence-electron chi connectivity index (χ4n) is 1.56. The van der Waals surface area contributed by atoms with Gasteiger partial charge in [-0.1, -0.05) is 18.9 Å². The monoisotopic (exact) mass is 239 g/mol. The summed E-state index contributed by atoms with van der Waals surface area (Å²) in [6.45, 7) is 1.34. The lowest BCUT2D eigenvalue weighted by Crippen LogP contribution is -2.01. The van der Waals surface area contributed by atoms with E-state index in [1.54, 1.807) is 11.8 Å². The molecule has 0 aromatic heterocycles. The molecular formula is C13H21NOS. The van der Waals surface area contributed by atoms with Gasteiger partial charge in [-0.3, -0.25) is 0 Å². The Morgan fingerprint density at radius 2 is 2.00 bits per heavy atom. The van der Waals surface area contributed by atoms with Crippen LogP contribution in [-0.2, 0) is 0 Å². The molecule has 0 amide bonds. The van der Waals surface area contributed by atoms with Gasteiger partial charge in [0.15, 0.2) is 0 Å². The summed E-state index contributed by atoms with van der Waals surface area (Å²) in [7, 11) is 0. The predicted molar refractivity (Wildman–Crippen MR) is 72.3 cm³/mol. The third-order valence-electron chi connectivity index (χ3n) is 2.48. The lowest BCUT2D eigenvalue weighted by atomic mass is 10.2. The van der Waals surface area contributed by atoms with Crippen molar-refractivity contribution in [3.05, 3.63) is 24.3 Å². The molecule has 2 nitrogen and oxygen atoms in total. The van der Waals surface area contributed by atoms with Gasteiger partial charge in [-0.15, -0.1) is 11.8 Å². The van der Waals surface area contributed by atoms with Gasteiger partial charge in [-0.2, -0.15) is 0 Å². The van der Waals surface area contributed by atoms with Crippen LogP contribution >= 0.6 is 11.8 Å². The van der Waals surface area contributed by atoms with Crippen LogP contribution in [0.15, 0.2) is 29.2 Å². The third kappa shape index (κ3) is 5.42. The van der Waals surface area contributed by atoms with E-state index in [0.29, 0.717) is 6.61 Å². The van der Waals surface area contributed by atoms with Crippen molar-refractivity contribution in [2.24, 2.45) is 0 Å². The average molecular weight is 239 g/mol. The molecule has 2 N–H and O–H groups in total. The maximum absolute atomic E-state index is 8.64. The highest BCUT2D eigenvalue weighted by atomic mass is 32.2. The molecule has 0 aliphatic carbocycles. The van der Waals surface area contributed by atoms with E-state index in [9.17, 15) is 0 Å². The fourth-order valence-corrected chi connectivity index (χ4v) is 2.02. The zero-order chi connectivity index (χ0) is 11.6. The SMILES string of the molecule is CSc1cccc(NCCCCCCO)c1. The van der Waals surface area contributed by atoms with Crippen LogP contribution in [0.5, 0.6) is 0 Å². The van der Waals surface area contributed by atoms with Crippen LogP contribution in [0.4, 0.5) is 5.69 Å². The van der Waals surface area contributed by atoms with Crippen molar-refractivity contribution in [2.75, 3.05) is 24.7 Å². The average Bonchev–Trinajstić information content (AvgIpc) is 2.34. The Balaban J connectivity index is 2.16. The molecule has 1 aromatic rings. The Morgan fingerprint density at radius 3 is 2.75 bits per heavy atom. The van der Waals surface area contributed by atoms with Gasteiger partial charge < -0.3 is 10.4 Å². The first-order chi connectivity index (χ1) is 7.86. The lowest BCUT2D eigenvalue weighted by Gasteiger charge is -2.07. The van der Waals surface area contributed by atoms with E-state index < -0.39 is 0 Å². The second kappa shape index (κ2) is 8.48. The molecule has 0 fully saturated rings. The third-order valence-corrected chi connectivity index (χ3v) is 3.21. The van der Waals surface area contributed by atoms with Gasteiger partial charge >= 0.3 is 0 Å². The topological polar surface area (TPSA) is 32.3 Å². The van der Waals surface area contributed by atoms with Gasteiger partial charge in [0.2, 0.25) is 0 Å². The minimum Gasteiger partial charge on any atom is -0.396 e. The predicted octanol–water partition coefficient (Wildman–Crippen LogP) is 3.37. The van der Waals surface area contributed by atoms with Crippen molar-refractivity contribution in [3.8, 4) is 0 Å². The molecule has 0 saturated carbocycles. The molecule has 0 atom stereocenters. The first-order valence-corrected chi connectivity index (χ1v) is 7.08. The number of nitrogens with one attached hydrogen (secondary N) is 1. The molecule has 1 aromatic carbocycles. The van der Waals surface area contributed by atoms with Crippen LogP contribution in [0.25, 0.3) is 0 Å². The van der Waals surface area contributed by atoms with Crippen LogP contribution in [0.3, 0.4) is 0 Å². The van der Waals surface area contributed by atoms with E-state index in [4.69, 9.17) is 5.11 Å². The largest absolute Gasteiger partial charge is 0.396 e. The summed E-state index contributed by atoms with van der Waals surface area (Å²) < 4.78 is 0. The smallest absolute Gasteiger partial charge is 0.0431 e. The number of aliphatic hydroxyl groups excluding tert-OH is 1. The van der Waals surface area contributed by atoms with Crippen molar-refractivity contribution >= 4 is 17.4 Å². The molecule has 0 radical (unpaired) electrons. The second-order valence-electron chi connectivity index (χ2n) is 3.80. The van der Waals surface area contributed by atoms with E-state index in [0.717, 1.165) is 19.4 Å². The summed E-state index contributed by atoms with van der Waals surface area (Å²) in [5.41, 5.74) is 1.20. The molecule has 0 unspecified atom stereocenters. The normalized spacial score (nSPS) is 10.4. The Labute approximate surface area is 102 Å². The number of unbranched alkanes of at least 4 members (excludes halogenated alkanes) is 3. The first-order valence-electron chi connectivity index (χ1n) is 5.85. The molecule has 90 valence electrons. The Hall–Kier alpha value is -0.670. The molecule has 0 aliphatic heterocycles. The molecule has 3 heteroatoms. The summed E-state index contributed by atoms with van der Waals surface area (Å²) in [5, 5.41) is 12.1. The summed E-state index contributed by atoms with van der Waals surface area (Å²) in [6, 6.07) is 8.49. The van der Waals surface area contributed by atoms with Gasteiger partial charge in [0, 0.05) is 23.7 Å². The number of hydrogen-bond acceptors (Lipinski definition) is 3. The van der Waals surface area contributed by atoms with Gasteiger partial charge in [0.1, 0.15) is 0 Å². The number of hydrogen-bond donors (Lipinski definition) is 2. The number of anilines is 1. The van der Waals surface area contributed by atoms with E-state index >= 15 is 0 Å². The molecule has 0 spiro atoms. The molecule has 0 heterocycles. The Kier molecular flexibility index (Phi) is 7.10. The minimum atomic E-state index is 0.323. The maximum Gasteiger partial charge on any atom is 0.0431 e. The number of aliphatic hydroxyl groups is 1. The van der Waals surface area contributed by atoms with E-state index in [1.807, 2.05) is 0 Å². The highest BCUT2D eigenvalue weighted by Crippen LogP contribution is 2.18. The first kappa shape index (κ1) is 13.4. The van der Waals surface area contributed by atoms with E-state index in [2.05, 4.69) is 35.8 Å². The van der Waals surface area contributed by atoms with Crippen molar-refractivity contribution in [1.29, 1.82) is 0 Å². The van der Waals surface area contributed by atoms with Gasteiger partial charge in [0.25, 0.3) is 0 Å². The Bertz CT molecular complexity index is 291. The van der Waals surface area contributed by atoms with Crippen molar-refractivity contribution < 1.29 is 5.11 Å². The number of thioether (sulfide) groups is 1. The number of benzene rings is 1. The summed E-state index contributed by atoms with van der Waals surface area (Å²) in [6.07, 6.45) is 6.51. The van der Waals surface area contributed by atoms with Crippen LogP contribution in [0.1, 0.15) is 25.7 Å². The Morgan fingerprint density at radius 1 is 1.19 bits per heavy atom. The second-order valence-corrected chi connectivity index (χ2v) is 4.68. The van der Waals surface area contributed by atoms with Crippen molar-refractivity contribution in [3.63, 3.8) is 0 Å². The summed E-state index contributed by atoms with van der Waals surface area (Å²) >= 11 is 1.77. The molecular weight excluding hydrogens is 218 g/mol. The van der Waals surface area contributed by atoms with E-state index in [-0.39, 0.29) is 0 Å². The fraction of sp³-hybridized carbons (Fsp3) is 0.538. The minimum absolute atomic E-state index is 0.323. The lowest BCUT2D eigenvalue weighted by molar-refractivity contribution is 0.283. The van der Waals surface area contributed by atoms with E-state index in [1.165, 1.54) is 23.4 Å². The van der Waals surface area contributed by atoms with Gasteiger partial charge in [-0.05, 0) is 37.3 Å². The van der Waals surface area contributed by atoms with Crippen molar-refractivity contribution in [2.45, 2.75) is 30.6 Å². The molecule has 16 heavy (non-hydrogen) atoms. The van der Waals surface area contributed by atoms with Crippen LogP contribution in [0, 0.1) is 0 Å².